The maximum atomic E-state index is 12.9. The summed E-state index contributed by atoms with van der Waals surface area (Å²) in [6.45, 7) is 3.09. The molecule has 1 aromatic rings. The Morgan fingerprint density at radius 3 is 2.67 bits per heavy atom. The molecule has 0 aromatic heterocycles. The third-order valence-electron chi connectivity index (χ3n) is 1.91. The molecule has 0 aliphatic heterocycles. The van der Waals surface area contributed by atoms with Gasteiger partial charge in [0.2, 0.25) is 0 Å². The lowest BCUT2D eigenvalue weighted by molar-refractivity contribution is 0.187. The van der Waals surface area contributed by atoms with Crippen molar-refractivity contribution in [3.63, 3.8) is 0 Å². The van der Waals surface area contributed by atoms with Gasteiger partial charge in [0.25, 0.3) is 0 Å². The minimum Gasteiger partial charge on any atom is -0.475 e. The summed E-state index contributed by atoms with van der Waals surface area (Å²) in [7, 11) is 0. The molecule has 1 rings (SSSR count). The van der Waals surface area contributed by atoms with Gasteiger partial charge in [-0.25, -0.2) is 4.39 Å². The summed E-state index contributed by atoms with van der Waals surface area (Å²) in [6, 6.07) is 5.73. The van der Waals surface area contributed by atoms with Crippen LogP contribution in [0.3, 0.4) is 0 Å². The minimum absolute atomic E-state index is 0.334. The Balaban J connectivity index is 3.02. The molecule has 0 spiro atoms. The molecule has 0 radical (unpaired) electrons. The maximum Gasteiger partial charge on any atom is 0.181 e. The van der Waals surface area contributed by atoms with E-state index in [0.717, 1.165) is 0 Å². The number of hydrogen-bond acceptors (Lipinski definition) is 3. The van der Waals surface area contributed by atoms with E-state index in [9.17, 15) is 9.50 Å². The Kier molecular flexibility index (Phi) is 3.64. The number of ether oxygens (including phenoxy) is 1. The molecule has 0 heterocycles. The number of nitriles is 1. The fourth-order valence-electron chi connectivity index (χ4n) is 1.17. The van der Waals surface area contributed by atoms with Crippen molar-refractivity contribution >= 4 is 0 Å². The monoisotopic (exact) mass is 209 g/mol. The van der Waals surface area contributed by atoms with Crippen LogP contribution in [-0.2, 0) is 0 Å². The largest absolute Gasteiger partial charge is 0.475 e. The normalized spacial score (nSPS) is 14.1. The van der Waals surface area contributed by atoms with Gasteiger partial charge in [-0.2, -0.15) is 5.26 Å². The van der Waals surface area contributed by atoms with Crippen LogP contribution >= 0.6 is 0 Å². The fraction of sp³-hybridized carbons (Fsp3) is 0.364. The van der Waals surface area contributed by atoms with Gasteiger partial charge in [-0.15, -0.1) is 0 Å². The molecule has 1 N–H and O–H groups in total. The van der Waals surface area contributed by atoms with E-state index in [4.69, 9.17) is 10.00 Å². The van der Waals surface area contributed by atoms with Crippen molar-refractivity contribution in [3.8, 4) is 11.8 Å². The van der Waals surface area contributed by atoms with Crippen molar-refractivity contribution in [1.82, 2.24) is 0 Å². The molecule has 15 heavy (non-hydrogen) atoms. The highest BCUT2D eigenvalue weighted by Gasteiger charge is 2.12. The van der Waals surface area contributed by atoms with Crippen molar-refractivity contribution in [2.75, 3.05) is 0 Å². The first-order valence-corrected chi connectivity index (χ1v) is 4.58. The minimum atomic E-state index is -0.832. The Bertz CT molecular complexity index is 385. The van der Waals surface area contributed by atoms with Gasteiger partial charge < -0.3 is 9.84 Å². The third kappa shape index (κ3) is 2.93. The number of nitrogens with zero attached hydrogens (tertiary/aromatic N) is 1. The molecule has 1 aromatic carbocycles. The Morgan fingerprint density at radius 2 is 2.13 bits per heavy atom. The molecule has 0 fully saturated rings. The summed E-state index contributed by atoms with van der Waals surface area (Å²) in [5.41, 5.74) is 0.345. The summed E-state index contributed by atoms with van der Waals surface area (Å²) in [4.78, 5) is 0. The number of aliphatic hydroxyl groups excluding tert-OH is 1. The SMILES string of the molecule is CC(C#N)Oc1ccc(F)cc1[C@@H](C)O. The molecule has 0 saturated carbocycles. The van der Waals surface area contributed by atoms with Crippen molar-refractivity contribution in [2.24, 2.45) is 0 Å². The number of hydrogen-bond donors (Lipinski definition) is 1. The van der Waals surface area contributed by atoms with Crippen LogP contribution in [-0.4, -0.2) is 11.2 Å². The van der Waals surface area contributed by atoms with Gasteiger partial charge in [-0.05, 0) is 32.0 Å². The van der Waals surface area contributed by atoms with Crippen molar-refractivity contribution in [1.29, 1.82) is 5.26 Å². The average molecular weight is 209 g/mol. The second-order valence-corrected chi connectivity index (χ2v) is 3.25. The highest BCUT2D eigenvalue weighted by atomic mass is 19.1. The van der Waals surface area contributed by atoms with Crippen LogP contribution < -0.4 is 4.74 Å². The lowest BCUT2D eigenvalue weighted by Gasteiger charge is -2.14. The first-order chi connectivity index (χ1) is 7.04. The van der Waals surface area contributed by atoms with Gasteiger partial charge in [-0.3, -0.25) is 0 Å². The summed E-state index contributed by atoms with van der Waals surface area (Å²) in [5, 5.41) is 18.0. The first-order valence-electron chi connectivity index (χ1n) is 4.58. The standard InChI is InChI=1S/C11H12FNO2/c1-7(6-13)15-11-4-3-9(12)5-10(11)8(2)14/h3-5,7-8,14H,1-2H3/t7?,8-/m1/s1. The number of rotatable bonds is 3. The third-order valence-corrected chi connectivity index (χ3v) is 1.91. The van der Waals surface area contributed by atoms with E-state index in [1.807, 2.05) is 6.07 Å². The average Bonchev–Trinajstić information content (AvgIpc) is 2.20. The van der Waals surface area contributed by atoms with E-state index < -0.39 is 18.0 Å². The number of aliphatic hydroxyl groups is 1. The molecule has 0 saturated heterocycles. The van der Waals surface area contributed by atoms with Gasteiger partial charge >= 0.3 is 0 Å². The van der Waals surface area contributed by atoms with Crippen molar-refractivity contribution < 1.29 is 14.2 Å². The summed E-state index contributed by atoms with van der Waals surface area (Å²) in [5.74, 6) is -0.108. The lowest BCUT2D eigenvalue weighted by atomic mass is 10.1. The van der Waals surface area contributed by atoms with Crippen molar-refractivity contribution in [3.05, 3.63) is 29.6 Å². The molecule has 3 nitrogen and oxygen atoms in total. The second-order valence-electron chi connectivity index (χ2n) is 3.25. The van der Waals surface area contributed by atoms with Gasteiger partial charge in [0.15, 0.2) is 6.10 Å². The van der Waals surface area contributed by atoms with Crippen LogP contribution in [0, 0.1) is 17.1 Å². The van der Waals surface area contributed by atoms with Gasteiger partial charge in [0.05, 0.1) is 6.10 Å². The Hall–Kier alpha value is -1.60. The quantitative estimate of drug-likeness (QED) is 0.830. The molecule has 80 valence electrons. The summed E-state index contributed by atoms with van der Waals surface area (Å²) in [6.07, 6.45) is -1.46. The highest BCUT2D eigenvalue weighted by Crippen LogP contribution is 2.26. The van der Waals surface area contributed by atoms with Gasteiger partial charge in [0, 0.05) is 5.56 Å². The molecular weight excluding hydrogens is 197 g/mol. The molecule has 0 amide bonds. The topological polar surface area (TPSA) is 53.2 Å². The molecule has 2 atom stereocenters. The van der Waals surface area contributed by atoms with Crippen LogP contribution in [0.15, 0.2) is 18.2 Å². The summed E-state index contributed by atoms with van der Waals surface area (Å²) < 4.78 is 18.1. The lowest BCUT2D eigenvalue weighted by Crippen LogP contribution is -2.10. The van der Waals surface area contributed by atoms with Crippen LogP contribution in [0.4, 0.5) is 4.39 Å². The second kappa shape index (κ2) is 4.76. The predicted octanol–water partition coefficient (Wildman–Crippen LogP) is 2.17. The van der Waals surface area contributed by atoms with Gasteiger partial charge in [0.1, 0.15) is 17.6 Å². The zero-order valence-corrected chi connectivity index (χ0v) is 8.57. The highest BCUT2D eigenvalue weighted by molar-refractivity contribution is 5.35. The van der Waals surface area contributed by atoms with E-state index in [1.54, 1.807) is 6.92 Å². The molecule has 0 bridgehead atoms. The van der Waals surface area contributed by atoms with Crippen LogP contribution in [0.25, 0.3) is 0 Å². The first kappa shape index (κ1) is 11.5. The maximum absolute atomic E-state index is 12.9. The van der Waals surface area contributed by atoms with Crippen LogP contribution in [0.1, 0.15) is 25.5 Å². The van der Waals surface area contributed by atoms with E-state index in [1.165, 1.54) is 25.1 Å². The molecule has 0 aliphatic rings. The zero-order valence-electron chi connectivity index (χ0n) is 8.57. The molecule has 4 heteroatoms. The molecule has 1 unspecified atom stereocenters. The predicted molar refractivity (Wildman–Crippen MR) is 52.7 cm³/mol. The van der Waals surface area contributed by atoms with Crippen LogP contribution in [0.5, 0.6) is 5.75 Å². The zero-order chi connectivity index (χ0) is 11.4. The van der Waals surface area contributed by atoms with E-state index in [-0.39, 0.29) is 0 Å². The Morgan fingerprint density at radius 1 is 1.47 bits per heavy atom. The molecule has 0 aliphatic carbocycles. The summed E-state index contributed by atoms with van der Waals surface area (Å²) >= 11 is 0. The van der Waals surface area contributed by atoms with Gasteiger partial charge in [-0.1, -0.05) is 0 Å². The smallest absolute Gasteiger partial charge is 0.181 e. The fourth-order valence-corrected chi connectivity index (χ4v) is 1.17. The number of benzene rings is 1. The van der Waals surface area contributed by atoms with E-state index >= 15 is 0 Å². The number of halogens is 1. The van der Waals surface area contributed by atoms with Crippen LogP contribution in [0.2, 0.25) is 0 Å². The van der Waals surface area contributed by atoms with E-state index in [0.29, 0.717) is 11.3 Å². The Labute approximate surface area is 87.7 Å². The van der Waals surface area contributed by atoms with E-state index in [2.05, 4.69) is 0 Å². The molecular formula is C11H12FNO2. The van der Waals surface area contributed by atoms with Crippen molar-refractivity contribution in [2.45, 2.75) is 26.1 Å².